The van der Waals surface area contributed by atoms with Crippen molar-refractivity contribution in [2.24, 2.45) is 0 Å². The van der Waals surface area contributed by atoms with Crippen molar-refractivity contribution < 1.29 is 28.7 Å². The topological polar surface area (TPSA) is 129 Å². The van der Waals surface area contributed by atoms with Gasteiger partial charge in [0.05, 0.1) is 42.6 Å². The number of benzene rings is 2. The summed E-state index contributed by atoms with van der Waals surface area (Å²) in [4.78, 5) is 36.6. The number of rotatable bonds is 9. The molecule has 2 aromatic carbocycles. The molecule has 0 aromatic heterocycles. The summed E-state index contributed by atoms with van der Waals surface area (Å²) in [7, 11) is 1.22. The quantitative estimate of drug-likeness (QED) is 0.335. The van der Waals surface area contributed by atoms with Crippen molar-refractivity contribution in [2.45, 2.75) is 26.3 Å². The summed E-state index contributed by atoms with van der Waals surface area (Å²) >= 11 is 0. The highest BCUT2D eigenvalue weighted by Crippen LogP contribution is 2.42. The number of ether oxygens (including phenoxy) is 3. The third-order valence-corrected chi connectivity index (χ3v) is 4.88. The molecular formula is C23H25N3O7. The molecule has 0 saturated carbocycles. The highest BCUT2D eigenvalue weighted by Gasteiger charge is 2.36. The number of amides is 2. The van der Waals surface area contributed by atoms with Gasteiger partial charge < -0.3 is 24.8 Å². The number of carbonyl (C=O) groups excluding carboxylic acids is 2. The van der Waals surface area contributed by atoms with Gasteiger partial charge in [0.25, 0.3) is 0 Å². The third kappa shape index (κ3) is 5.05. The molecule has 33 heavy (non-hydrogen) atoms. The van der Waals surface area contributed by atoms with E-state index in [2.05, 4.69) is 10.6 Å². The molecular weight excluding hydrogens is 430 g/mol. The molecule has 0 bridgehead atoms. The average Bonchev–Trinajstić information content (AvgIpc) is 2.82. The van der Waals surface area contributed by atoms with Gasteiger partial charge in [0.15, 0.2) is 5.75 Å². The monoisotopic (exact) mass is 455 g/mol. The summed E-state index contributed by atoms with van der Waals surface area (Å²) in [6, 6.07) is 10.00. The number of esters is 1. The van der Waals surface area contributed by atoms with Crippen LogP contribution in [-0.2, 0) is 9.53 Å². The molecule has 1 aliphatic rings. The van der Waals surface area contributed by atoms with Gasteiger partial charge in [-0.2, -0.15) is 0 Å². The standard InChI is InChI=1S/C23H25N3O7/c1-4-11-33-21-16(26(29)30)12-15(13-17(21)32-5-2)20-18(22(27)31-3)19(24-23(28)25-20)14-9-7-6-8-10-14/h6-10,12-13,20H,4-5,11H2,1-3H3,(H2,24,25,28). The molecule has 0 aliphatic carbocycles. The van der Waals surface area contributed by atoms with Crippen molar-refractivity contribution in [3.8, 4) is 11.5 Å². The molecule has 2 aromatic rings. The van der Waals surface area contributed by atoms with Crippen molar-refractivity contribution >= 4 is 23.4 Å². The first-order chi connectivity index (χ1) is 15.9. The molecule has 0 saturated heterocycles. The van der Waals surface area contributed by atoms with Crippen LogP contribution in [0.5, 0.6) is 11.5 Å². The fourth-order valence-electron chi connectivity index (χ4n) is 3.50. The first-order valence-corrected chi connectivity index (χ1v) is 10.4. The third-order valence-electron chi connectivity index (χ3n) is 4.88. The number of nitrogens with one attached hydrogen (secondary N) is 2. The van der Waals surface area contributed by atoms with Crippen LogP contribution in [0.4, 0.5) is 10.5 Å². The van der Waals surface area contributed by atoms with E-state index in [1.165, 1.54) is 19.2 Å². The van der Waals surface area contributed by atoms with Gasteiger partial charge in [-0.1, -0.05) is 37.3 Å². The van der Waals surface area contributed by atoms with Gasteiger partial charge in [0.2, 0.25) is 5.75 Å². The van der Waals surface area contributed by atoms with E-state index in [0.29, 0.717) is 12.0 Å². The zero-order valence-electron chi connectivity index (χ0n) is 18.5. The van der Waals surface area contributed by atoms with Crippen LogP contribution >= 0.6 is 0 Å². The van der Waals surface area contributed by atoms with Crippen molar-refractivity contribution in [2.75, 3.05) is 20.3 Å². The van der Waals surface area contributed by atoms with Gasteiger partial charge in [-0.25, -0.2) is 9.59 Å². The molecule has 1 unspecified atom stereocenters. The van der Waals surface area contributed by atoms with Crippen LogP contribution in [0.1, 0.15) is 37.4 Å². The van der Waals surface area contributed by atoms with E-state index >= 15 is 0 Å². The fourth-order valence-corrected chi connectivity index (χ4v) is 3.50. The number of nitro benzene ring substituents is 1. The molecule has 174 valence electrons. The Morgan fingerprint density at radius 3 is 2.48 bits per heavy atom. The maximum atomic E-state index is 12.8. The zero-order valence-corrected chi connectivity index (χ0v) is 18.5. The number of hydrogen-bond donors (Lipinski definition) is 2. The van der Waals surface area contributed by atoms with Crippen LogP contribution in [0.15, 0.2) is 48.0 Å². The first kappa shape index (κ1) is 23.6. The normalized spacial score (nSPS) is 15.4. The van der Waals surface area contributed by atoms with E-state index in [0.717, 1.165) is 0 Å². The Morgan fingerprint density at radius 2 is 1.88 bits per heavy atom. The van der Waals surface area contributed by atoms with Crippen LogP contribution in [0.3, 0.4) is 0 Å². The lowest BCUT2D eigenvalue weighted by molar-refractivity contribution is -0.386. The lowest BCUT2D eigenvalue weighted by atomic mass is 9.92. The van der Waals surface area contributed by atoms with Gasteiger partial charge in [0.1, 0.15) is 0 Å². The molecule has 10 heteroatoms. The fraction of sp³-hybridized carbons (Fsp3) is 0.304. The number of hydrogen-bond acceptors (Lipinski definition) is 7. The Kier molecular flexibility index (Phi) is 7.50. The van der Waals surface area contributed by atoms with Gasteiger partial charge in [-0.3, -0.25) is 10.1 Å². The smallest absolute Gasteiger partial charge is 0.338 e. The predicted molar refractivity (Wildman–Crippen MR) is 120 cm³/mol. The van der Waals surface area contributed by atoms with Crippen LogP contribution in [0.2, 0.25) is 0 Å². The van der Waals surface area contributed by atoms with E-state index in [1.54, 1.807) is 37.3 Å². The molecule has 1 heterocycles. The lowest BCUT2D eigenvalue weighted by Gasteiger charge is -2.29. The van der Waals surface area contributed by atoms with Crippen molar-refractivity contribution in [3.63, 3.8) is 0 Å². The molecule has 2 N–H and O–H groups in total. The summed E-state index contributed by atoms with van der Waals surface area (Å²) in [5, 5.41) is 17.2. The zero-order chi connectivity index (χ0) is 24.0. The Balaban J connectivity index is 2.24. The van der Waals surface area contributed by atoms with Crippen molar-refractivity contribution in [1.82, 2.24) is 10.6 Å². The molecule has 1 atom stereocenters. The minimum Gasteiger partial charge on any atom is -0.490 e. The second-order valence-electron chi connectivity index (χ2n) is 7.08. The highest BCUT2D eigenvalue weighted by molar-refractivity contribution is 6.04. The highest BCUT2D eigenvalue weighted by atomic mass is 16.6. The molecule has 10 nitrogen and oxygen atoms in total. The number of urea groups is 1. The Bertz CT molecular complexity index is 1080. The second kappa shape index (κ2) is 10.5. The van der Waals surface area contributed by atoms with Crippen LogP contribution < -0.4 is 20.1 Å². The van der Waals surface area contributed by atoms with Gasteiger partial charge in [0, 0.05) is 6.07 Å². The summed E-state index contributed by atoms with van der Waals surface area (Å²) in [5.74, 6) is -0.550. The predicted octanol–water partition coefficient (Wildman–Crippen LogP) is 3.72. The number of nitro groups is 1. The maximum Gasteiger partial charge on any atom is 0.338 e. The molecule has 1 aliphatic heterocycles. The summed E-state index contributed by atoms with van der Waals surface area (Å²) < 4.78 is 16.2. The second-order valence-corrected chi connectivity index (χ2v) is 7.08. The van der Waals surface area contributed by atoms with Crippen LogP contribution in [0.25, 0.3) is 5.70 Å². The minimum absolute atomic E-state index is 0.000378. The number of carbonyl (C=O) groups is 2. The van der Waals surface area contributed by atoms with Gasteiger partial charge in [-0.05, 0) is 30.5 Å². The van der Waals surface area contributed by atoms with Crippen molar-refractivity contribution in [1.29, 1.82) is 0 Å². The van der Waals surface area contributed by atoms with Crippen LogP contribution in [0, 0.1) is 10.1 Å². The SMILES string of the molecule is CCCOc1c(OCC)cc(C2NC(=O)NC(c3ccccc3)=C2C(=O)OC)cc1[N+](=O)[O-]. The van der Waals surface area contributed by atoms with E-state index in [4.69, 9.17) is 14.2 Å². The number of methoxy groups -OCH3 is 1. The molecule has 0 radical (unpaired) electrons. The van der Waals surface area contributed by atoms with Crippen molar-refractivity contribution in [3.05, 3.63) is 69.3 Å². The minimum atomic E-state index is -1.03. The van der Waals surface area contributed by atoms with E-state index < -0.39 is 23.0 Å². The molecule has 0 fully saturated rings. The largest absolute Gasteiger partial charge is 0.490 e. The van der Waals surface area contributed by atoms with Gasteiger partial charge in [-0.15, -0.1) is 0 Å². The van der Waals surface area contributed by atoms with E-state index in [9.17, 15) is 19.7 Å². The Hall–Kier alpha value is -4.08. The maximum absolute atomic E-state index is 12.8. The van der Waals surface area contributed by atoms with E-state index in [-0.39, 0.29) is 47.2 Å². The lowest BCUT2D eigenvalue weighted by Crippen LogP contribution is -2.45. The first-order valence-electron chi connectivity index (χ1n) is 10.4. The average molecular weight is 455 g/mol. The molecule has 3 rings (SSSR count). The molecule has 2 amide bonds. The molecule has 0 spiro atoms. The summed E-state index contributed by atoms with van der Waals surface area (Å²) in [5.41, 5.74) is 0.880. The Labute approximate surface area is 190 Å². The number of nitrogens with zero attached hydrogens (tertiary/aromatic N) is 1. The Morgan fingerprint density at radius 1 is 1.15 bits per heavy atom. The summed E-state index contributed by atoms with van der Waals surface area (Å²) in [6.45, 7) is 4.11. The summed E-state index contributed by atoms with van der Waals surface area (Å²) in [6.07, 6.45) is 0.643. The van der Waals surface area contributed by atoms with E-state index in [1.807, 2.05) is 6.92 Å². The van der Waals surface area contributed by atoms with Gasteiger partial charge >= 0.3 is 17.7 Å². The van der Waals surface area contributed by atoms with Crippen LogP contribution in [-0.4, -0.2) is 37.2 Å².